The van der Waals surface area contributed by atoms with Crippen molar-refractivity contribution in [3.8, 4) is 6.07 Å². The fourth-order valence-electron chi connectivity index (χ4n) is 1.23. The second-order valence-electron chi connectivity index (χ2n) is 2.82. The van der Waals surface area contributed by atoms with Crippen LogP contribution in [0.1, 0.15) is 17.6 Å². The number of rotatable bonds is 3. The quantitative estimate of drug-likeness (QED) is 0.624. The van der Waals surface area contributed by atoms with Crippen LogP contribution in [0.5, 0.6) is 0 Å². The van der Waals surface area contributed by atoms with E-state index in [1.54, 1.807) is 6.07 Å². The minimum atomic E-state index is -3.07. The van der Waals surface area contributed by atoms with Gasteiger partial charge in [-0.05, 0) is 0 Å². The number of halogens is 2. The average Bonchev–Trinajstić information content (AvgIpc) is 2.19. The number of nitrogens with zero attached hydrogens (tertiary/aromatic N) is 3. The average molecular weight is 228 g/mol. The van der Waals surface area contributed by atoms with Crippen LogP contribution in [0.3, 0.4) is 0 Å². The number of pyridine rings is 1. The summed E-state index contributed by atoms with van der Waals surface area (Å²) in [6.45, 7) is 0. The number of aromatic nitrogens is 1. The molecule has 1 aromatic heterocycles. The van der Waals surface area contributed by atoms with E-state index in [-0.39, 0.29) is 12.0 Å². The maximum Gasteiger partial charge on any atom is 0.320 e. The lowest BCUT2D eigenvalue weighted by Crippen LogP contribution is -2.06. The monoisotopic (exact) mass is 228 g/mol. The number of nitrogen functional groups attached to an aromatic ring is 1. The van der Waals surface area contributed by atoms with E-state index in [0.29, 0.717) is 0 Å². The summed E-state index contributed by atoms with van der Waals surface area (Å²) in [4.78, 5) is 13.0. The van der Waals surface area contributed by atoms with Gasteiger partial charge in [0.25, 0.3) is 6.43 Å². The highest BCUT2D eigenvalue weighted by Crippen LogP contribution is 2.35. The van der Waals surface area contributed by atoms with E-state index in [4.69, 9.17) is 11.0 Å². The van der Waals surface area contributed by atoms with Gasteiger partial charge >= 0.3 is 5.69 Å². The highest BCUT2D eigenvalue weighted by atomic mass is 19.3. The lowest BCUT2D eigenvalue weighted by Gasteiger charge is -2.07. The molecule has 0 spiro atoms. The summed E-state index contributed by atoms with van der Waals surface area (Å²) in [7, 11) is 0. The second kappa shape index (κ2) is 4.48. The molecule has 0 unspecified atom stereocenters. The summed E-state index contributed by atoms with van der Waals surface area (Å²) in [6.07, 6.45) is -2.50. The van der Waals surface area contributed by atoms with Crippen LogP contribution in [0.4, 0.5) is 20.3 Å². The Morgan fingerprint density at radius 2 is 2.31 bits per heavy atom. The van der Waals surface area contributed by atoms with Gasteiger partial charge in [0.1, 0.15) is 5.56 Å². The van der Waals surface area contributed by atoms with Gasteiger partial charge in [0.15, 0.2) is 0 Å². The molecule has 0 aromatic carbocycles. The summed E-state index contributed by atoms with van der Waals surface area (Å²) >= 11 is 0. The minimum Gasteiger partial charge on any atom is -0.378 e. The molecule has 1 aromatic rings. The van der Waals surface area contributed by atoms with Crippen molar-refractivity contribution < 1.29 is 13.7 Å². The molecule has 0 bridgehead atoms. The molecule has 0 amide bonds. The van der Waals surface area contributed by atoms with Gasteiger partial charge in [-0.3, -0.25) is 10.1 Å². The number of nitrogens with two attached hydrogens (primary N) is 1. The first-order valence-electron chi connectivity index (χ1n) is 4.05. The maximum atomic E-state index is 12.7. The smallest absolute Gasteiger partial charge is 0.320 e. The van der Waals surface area contributed by atoms with Crippen LogP contribution < -0.4 is 5.73 Å². The normalized spacial score (nSPS) is 10.1. The summed E-state index contributed by atoms with van der Waals surface area (Å²) in [6, 6.07) is 1.63. The van der Waals surface area contributed by atoms with E-state index in [1.165, 1.54) is 0 Å². The molecule has 16 heavy (non-hydrogen) atoms. The van der Waals surface area contributed by atoms with Crippen LogP contribution >= 0.6 is 0 Å². The van der Waals surface area contributed by atoms with E-state index in [0.717, 1.165) is 6.20 Å². The van der Waals surface area contributed by atoms with Gasteiger partial charge in [0.05, 0.1) is 17.4 Å². The van der Waals surface area contributed by atoms with Crippen LogP contribution in [0, 0.1) is 21.4 Å². The minimum absolute atomic E-state index is 0.182. The van der Waals surface area contributed by atoms with Crippen molar-refractivity contribution in [3.05, 3.63) is 27.4 Å². The zero-order valence-corrected chi connectivity index (χ0v) is 7.85. The molecular formula is C8H6F2N4O2. The third kappa shape index (κ3) is 2.03. The molecule has 0 radical (unpaired) electrons. The van der Waals surface area contributed by atoms with E-state index in [1.807, 2.05) is 0 Å². The fraction of sp³-hybridized carbons (Fsp3) is 0.250. The van der Waals surface area contributed by atoms with Crippen molar-refractivity contribution in [3.63, 3.8) is 0 Å². The molecule has 8 heteroatoms. The molecule has 0 aliphatic carbocycles. The van der Waals surface area contributed by atoms with Gasteiger partial charge in [-0.2, -0.15) is 5.26 Å². The van der Waals surface area contributed by atoms with Crippen LogP contribution in [0.15, 0.2) is 6.20 Å². The van der Waals surface area contributed by atoms with Gasteiger partial charge in [-0.15, -0.1) is 0 Å². The summed E-state index contributed by atoms with van der Waals surface area (Å²) in [5.74, 6) is -0.581. The molecule has 1 heterocycles. The van der Waals surface area contributed by atoms with Crippen LogP contribution in [0.25, 0.3) is 0 Å². The first kappa shape index (κ1) is 11.8. The van der Waals surface area contributed by atoms with Crippen molar-refractivity contribution in [1.29, 1.82) is 5.26 Å². The molecule has 0 aliphatic rings. The molecule has 0 saturated carbocycles. The summed E-state index contributed by atoms with van der Waals surface area (Å²) < 4.78 is 25.3. The fourth-order valence-corrected chi connectivity index (χ4v) is 1.23. The molecule has 84 valence electrons. The Balaban J connectivity index is 3.51. The van der Waals surface area contributed by atoms with Crippen molar-refractivity contribution >= 4 is 11.5 Å². The number of hydrogen-bond donors (Lipinski definition) is 1. The number of alkyl halides is 2. The van der Waals surface area contributed by atoms with Gasteiger partial charge in [0, 0.05) is 11.8 Å². The first-order valence-corrected chi connectivity index (χ1v) is 4.05. The van der Waals surface area contributed by atoms with Gasteiger partial charge < -0.3 is 5.73 Å². The number of nitro groups is 1. The molecule has 2 N–H and O–H groups in total. The molecule has 0 atom stereocenters. The van der Waals surface area contributed by atoms with Crippen molar-refractivity contribution in [2.45, 2.75) is 12.8 Å². The Hall–Kier alpha value is -2.30. The number of nitriles is 1. The molecule has 6 nitrogen and oxygen atoms in total. The predicted molar refractivity (Wildman–Crippen MR) is 49.6 cm³/mol. The predicted octanol–water partition coefficient (Wildman–Crippen LogP) is 1.58. The SMILES string of the molecule is N#CCc1cnc(N)c([N+](=O)[O-])c1C(F)F. The molecule has 1 rings (SSSR count). The van der Waals surface area contributed by atoms with Gasteiger partial charge in [-0.25, -0.2) is 13.8 Å². The van der Waals surface area contributed by atoms with Gasteiger partial charge in [0.2, 0.25) is 5.82 Å². The van der Waals surface area contributed by atoms with Crippen LogP contribution in [0.2, 0.25) is 0 Å². The highest BCUT2D eigenvalue weighted by Gasteiger charge is 2.29. The lowest BCUT2D eigenvalue weighted by molar-refractivity contribution is -0.385. The zero-order chi connectivity index (χ0) is 12.3. The molecule has 0 saturated heterocycles. The van der Waals surface area contributed by atoms with E-state index in [2.05, 4.69) is 4.98 Å². The van der Waals surface area contributed by atoms with Crippen molar-refractivity contribution in [2.24, 2.45) is 0 Å². The van der Waals surface area contributed by atoms with E-state index >= 15 is 0 Å². The lowest BCUT2D eigenvalue weighted by atomic mass is 10.1. The first-order chi connectivity index (χ1) is 7.49. The van der Waals surface area contributed by atoms with Crippen LogP contribution in [-0.4, -0.2) is 9.91 Å². The number of hydrogen-bond acceptors (Lipinski definition) is 5. The molecule has 0 fully saturated rings. The van der Waals surface area contributed by atoms with Gasteiger partial charge in [-0.1, -0.05) is 0 Å². The Morgan fingerprint density at radius 1 is 1.69 bits per heavy atom. The maximum absolute atomic E-state index is 12.7. The standard InChI is InChI=1S/C8H6F2N4O2/c9-7(10)5-4(1-2-11)3-13-8(12)6(5)14(15)16/h3,7H,1H2,(H2,12,13). The molecule has 0 aliphatic heterocycles. The zero-order valence-electron chi connectivity index (χ0n) is 7.85. The third-order valence-electron chi connectivity index (χ3n) is 1.87. The van der Waals surface area contributed by atoms with E-state index < -0.39 is 28.4 Å². The highest BCUT2D eigenvalue weighted by molar-refractivity contribution is 5.60. The van der Waals surface area contributed by atoms with Crippen molar-refractivity contribution in [1.82, 2.24) is 4.98 Å². The molecular weight excluding hydrogens is 222 g/mol. The Kier molecular flexibility index (Phi) is 3.30. The second-order valence-corrected chi connectivity index (χ2v) is 2.82. The van der Waals surface area contributed by atoms with Crippen LogP contribution in [-0.2, 0) is 6.42 Å². The van der Waals surface area contributed by atoms with E-state index in [9.17, 15) is 18.9 Å². The Bertz CT molecular complexity index is 470. The van der Waals surface area contributed by atoms with Crippen molar-refractivity contribution in [2.75, 3.05) is 5.73 Å². The largest absolute Gasteiger partial charge is 0.378 e. The summed E-state index contributed by atoms with van der Waals surface area (Å²) in [5.41, 5.74) is 3.21. The summed E-state index contributed by atoms with van der Waals surface area (Å²) in [5, 5.41) is 19.0. The topological polar surface area (TPSA) is 106 Å². The Labute approximate surface area is 88.5 Å². The number of anilines is 1. The Morgan fingerprint density at radius 3 is 2.75 bits per heavy atom. The third-order valence-corrected chi connectivity index (χ3v) is 1.87.